The van der Waals surface area contributed by atoms with Crippen LogP contribution in [0.5, 0.6) is 0 Å². The van der Waals surface area contributed by atoms with E-state index in [4.69, 9.17) is 5.10 Å². The van der Waals surface area contributed by atoms with Gasteiger partial charge in [0.15, 0.2) is 0 Å². The summed E-state index contributed by atoms with van der Waals surface area (Å²) in [5, 5.41) is 6.97. The molecule has 2 aromatic carbocycles. The van der Waals surface area contributed by atoms with E-state index in [1.54, 1.807) is 0 Å². The first kappa shape index (κ1) is 15.4. The first-order valence-corrected chi connectivity index (χ1v) is 9.04. The first-order chi connectivity index (χ1) is 11.9. The molecule has 24 heavy (non-hydrogen) atoms. The highest BCUT2D eigenvalue weighted by Gasteiger charge is 2.34. The highest BCUT2D eigenvalue weighted by molar-refractivity contribution is 5.64. The van der Waals surface area contributed by atoms with Crippen molar-refractivity contribution < 1.29 is 0 Å². The minimum atomic E-state index is 0.468. The first-order valence-electron chi connectivity index (χ1n) is 9.04. The molecule has 2 saturated heterocycles. The number of hydrazone groups is 1. The fourth-order valence-electron chi connectivity index (χ4n) is 3.57. The molecule has 124 valence electrons. The van der Waals surface area contributed by atoms with Crippen molar-refractivity contribution in [1.82, 2.24) is 9.91 Å². The zero-order chi connectivity index (χ0) is 16.2. The Bertz CT molecular complexity index is 668. The summed E-state index contributed by atoms with van der Waals surface area (Å²) in [6.45, 7) is 3.25. The van der Waals surface area contributed by atoms with E-state index < -0.39 is 0 Å². The number of piperidine rings is 1. The standard InChI is InChI=1S/C21H25N3/c1-3-9-18(10-4-1)16-23-14-8-7-13-20(23)15-22-24-17-21(24)19-11-5-2-6-12-19/h1-6,9-12,15,20-21H,7-8,13-14,16-17H2/b22-15+. The molecule has 0 N–H and O–H groups in total. The Labute approximate surface area is 144 Å². The van der Waals surface area contributed by atoms with Crippen LogP contribution in [0.15, 0.2) is 65.8 Å². The third-order valence-electron chi connectivity index (χ3n) is 5.05. The Morgan fingerprint density at radius 3 is 2.50 bits per heavy atom. The quantitative estimate of drug-likeness (QED) is 0.611. The summed E-state index contributed by atoms with van der Waals surface area (Å²) in [4.78, 5) is 2.57. The smallest absolute Gasteiger partial charge is 0.0912 e. The van der Waals surface area contributed by atoms with Crippen LogP contribution in [0, 0.1) is 0 Å². The molecule has 4 rings (SSSR count). The predicted molar refractivity (Wildman–Crippen MR) is 98.9 cm³/mol. The second-order valence-corrected chi connectivity index (χ2v) is 6.83. The Morgan fingerprint density at radius 1 is 0.958 bits per heavy atom. The van der Waals surface area contributed by atoms with Gasteiger partial charge < -0.3 is 0 Å². The summed E-state index contributed by atoms with van der Waals surface area (Å²) < 4.78 is 0. The topological polar surface area (TPSA) is 18.6 Å². The van der Waals surface area contributed by atoms with E-state index in [1.165, 1.54) is 36.9 Å². The van der Waals surface area contributed by atoms with Gasteiger partial charge in [-0.05, 0) is 30.5 Å². The number of likely N-dealkylation sites (tertiary alicyclic amines) is 1. The minimum Gasteiger partial charge on any atom is -0.291 e. The molecule has 0 bridgehead atoms. The summed E-state index contributed by atoms with van der Waals surface area (Å²) >= 11 is 0. The van der Waals surface area contributed by atoms with Crippen molar-refractivity contribution in [2.75, 3.05) is 13.1 Å². The van der Waals surface area contributed by atoms with Gasteiger partial charge in [-0.2, -0.15) is 5.10 Å². The average Bonchev–Trinajstić information content (AvgIpc) is 3.42. The average molecular weight is 319 g/mol. The molecule has 0 radical (unpaired) electrons. The third-order valence-corrected chi connectivity index (χ3v) is 5.05. The predicted octanol–water partition coefficient (Wildman–Crippen LogP) is 4.08. The molecule has 0 amide bonds. The van der Waals surface area contributed by atoms with E-state index in [0.717, 1.165) is 13.1 Å². The van der Waals surface area contributed by atoms with Crippen LogP contribution in [0.3, 0.4) is 0 Å². The third kappa shape index (κ3) is 3.68. The molecule has 0 aliphatic carbocycles. The van der Waals surface area contributed by atoms with Gasteiger partial charge in [0.2, 0.25) is 0 Å². The van der Waals surface area contributed by atoms with Gasteiger partial charge in [-0.25, -0.2) is 0 Å². The van der Waals surface area contributed by atoms with Crippen LogP contribution in [-0.4, -0.2) is 35.3 Å². The molecule has 2 unspecified atom stereocenters. The highest BCUT2D eigenvalue weighted by Crippen LogP contribution is 2.34. The van der Waals surface area contributed by atoms with E-state index in [-0.39, 0.29) is 0 Å². The van der Waals surface area contributed by atoms with Crippen LogP contribution >= 0.6 is 0 Å². The summed E-state index contributed by atoms with van der Waals surface area (Å²) in [5.74, 6) is 0. The molecule has 2 aliphatic heterocycles. The summed E-state index contributed by atoms with van der Waals surface area (Å²) in [6.07, 6.45) is 6.02. The van der Waals surface area contributed by atoms with Gasteiger partial charge in [-0.15, -0.1) is 0 Å². The number of benzene rings is 2. The molecule has 2 heterocycles. The van der Waals surface area contributed by atoms with E-state index in [1.807, 2.05) is 0 Å². The maximum Gasteiger partial charge on any atom is 0.0912 e. The van der Waals surface area contributed by atoms with Gasteiger partial charge >= 0.3 is 0 Å². The second kappa shape index (κ2) is 7.18. The maximum absolute atomic E-state index is 4.78. The summed E-state index contributed by atoms with van der Waals surface area (Å²) in [5.41, 5.74) is 2.77. The Morgan fingerprint density at radius 2 is 1.71 bits per heavy atom. The number of hydrogen-bond acceptors (Lipinski definition) is 3. The molecule has 2 aliphatic rings. The lowest BCUT2D eigenvalue weighted by molar-refractivity contribution is 0.186. The van der Waals surface area contributed by atoms with Gasteiger partial charge in [-0.1, -0.05) is 67.1 Å². The van der Waals surface area contributed by atoms with Crippen LogP contribution in [0.1, 0.15) is 36.4 Å². The fourth-order valence-corrected chi connectivity index (χ4v) is 3.57. The van der Waals surface area contributed by atoms with Crippen molar-refractivity contribution in [2.45, 2.75) is 37.9 Å². The van der Waals surface area contributed by atoms with E-state index >= 15 is 0 Å². The molecule has 0 saturated carbocycles. The van der Waals surface area contributed by atoms with Crippen LogP contribution in [0.4, 0.5) is 0 Å². The Kier molecular flexibility index (Phi) is 4.61. The largest absolute Gasteiger partial charge is 0.291 e. The molecule has 3 heteroatoms. The van der Waals surface area contributed by atoms with Crippen LogP contribution in [0.2, 0.25) is 0 Å². The van der Waals surface area contributed by atoms with Crippen molar-refractivity contribution >= 4 is 6.21 Å². The maximum atomic E-state index is 4.78. The van der Waals surface area contributed by atoms with Crippen molar-refractivity contribution in [3.8, 4) is 0 Å². The van der Waals surface area contributed by atoms with Crippen molar-refractivity contribution in [2.24, 2.45) is 5.10 Å². The Balaban J connectivity index is 1.37. The normalized spacial score (nSPS) is 24.4. The van der Waals surface area contributed by atoms with Crippen molar-refractivity contribution in [1.29, 1.82) is 0 Å². The highest BCUT2D eigenvalue weighted by atomic mass is 15.6. The van der Waals surface area contributed by atoms with Crippen LogP contribution in [0.25, 0.3) is 0 Å². The molecule has 2 atom stereocenters. The molecule has 2 aromatic rings. The number of nitrogens with zero attached hydrogens (tertiary/aromatic N) is 3. The molecule has 0 spiro atoms. The van der Waals surface area contributed by atoms with E-state index in [0.29, 0.717) is 12.1 Å². The van der Waals surface area contributed by atoms with E-state index in [9.17, 15) is 0 Å². The lowest BCUT2D eigenvalue weighted by Gasteiger charge is -2.33. The zero-order valence-electron chi connectivity index (χ0n) is 14.1. The van der Waals surface area contributed by atoms with Gasteiger partial charge in [-0.3, -0.25) is 9.91 Å². The molecule has 3 nitrogen and oxygen atoms in total. The number of rotatable bonds is 5. The fraction of sp³-hybridized carbons (Fsp3) is 0.381. The van der Waals surface area contributed by atoms with E-state index in [2.05, 4.69) is 76.8 Å². The minimum absolute atomic E-state index is 0.468. The monoisotopic (exact) mass is 319 g/mol. The summed E-state index contributed by atoms with van der Waals surface area (Å²) in [6, 6.07) is 22.4. The number of hydrogen-bond donors (Lipinski definition) is 0. The van der Waals surface area contributed by atoms with Crippen LogP contribution in [-0.2, 0) is 6.54 Å². The zero-order valence-corrected chi connectivity index (χ0v) is 14.1. The van der Waals surface area contributed by atoms with Gasteiger partial charge in [0.1, 0.15) is 0 Å². The molecular weight excluding hydrogens is 294 g/mol. The van der Waals surface area contributed by atoms with Crippen molar-refractivity contribution in [3.63, 3.8) is 0 Å². The lowest BCUT2D eigenvalue weighted by Crippen LogP contribution is -2.40. The molecular formula is C21H25N3. The molecule has 2 fully saturated rings. The Hall–Kier alpha value is -2.13. The van der Waals surface area contributed by atoms with Crippen LogP contribution < -0.4 is 0 Å². The van der Waals surface area contributed by atoms with Gasteiger partial charge in [0.25, 0.3) is 0 Å². The second-order valence-electron chi connectivity index (χ2n) is 6.83. The lowest BCUT2D eigenvalue weighted by atomic mass is 10.0. The van der Waals surface area contributed by atoms with Gasteiger partial charge in [0.05, 0.1) is 12.6 Å². The SMILES string of the molecule is C(=N\N1CC1c1ccccc1)/C1CCCCN1Cc1ccccc1. The molecule has 0 aromatic heterocycles. The van der Waals surface area contributed by atoms with Crippen molar-refractivity contribution in [3.05, 3.63) is 71.8 Å². The van der Waals surface area contributed by atoms with Gasteiger partial charge in [0, 0.05) is 18.8 Å². The summed E-state index contributed by atoms with van der Waals surface area (Å²) in [7, 11) is 0.